The topological polar surface area (TPSA) is 29.4 Å². The minimum atomic E-state index is -4.73. The first kappa shape index (κ1) is 22.8. The van der Waals surface area contributed by atoms with Gasteiger partial charge in [-0.15, -0.1) is 13.2 Å². The van der Waals surface area contributed by atoms with E-state index < -0.39 is 6.36 Å². The number of nitrogens with zero attached hydrogens (tertiary/aromatic N) is 2. The minimum Gasteiger partial charge on any atom is -0.406 e. The zero-order valence-electron chi connectivity index (χ0n) is 17.8. The number of nitrogens with one attached hydrogen (secondary N) is 1. The molecule has 1 aliphatic rings. The average Bonchev–Trinajstić information content (AvgIpc) is 3.10. The zero-order valence-corrected chi connectivity index (χ0v) is 18.6. The van der Waals surface area contributed by atoms with Gasteiger partial charge in [-0.3, -0.25) is 0 Å². The molecule has 0 aliphatic carbocycles. The minimum absolute atomic E-state index is 0.0848. The summed E-state index contributed by atoms with van der Waals surface area (Å²) < 4.78 is 76.3. The summed E-state index contributed by atoms with van der Waals surface area (Å²) in [7, 11) is 0. The lowest BCUT2D eigenvalue weighted by Crippen LogP contribution is -2.32. The largest absolute Gasteiger partial charge is 0.573 e. The van der Waals surface area contributed by atoms with E-state index in [1.807, 2.05) is 0 Å². The van der Waals surface area contributed by atoms with Crippen LogP contribution in [0, 0.1) is 11.6 Å². The average molecular weight is 494 g/mol. The highest BCUT2D eigenvalue weighted by Gasteiger charge is 2.31. The maximum Gasteiger partial charge on any atom is 0.573 e. The molecule has 5 rings (SSSR count). The van der Waals surface area contributed by atoms with Crippen LogP contribution in [-0.2, 0) is 0 Å². The van der Waals surface area contributed by atoms with Crippen LogP contribution in [0.3, 0.4) is 0 Å². The van der Waals surface area contributed by atoms with Gasteiger partial charge in [-0.2, -0.15) is 0 Å². The number of halogens is 5. The van der Waals surface area contributed by atoms with E-state index in [0.29, 0.717) is 23.0 Å². The van der Waals surface area contributed by atoms with Gasteiger partial charge in [0.2, 0.25) is 0 Å². The first-order valence-electron chi connectivity index (χ1n) is 10.7. The van der Waals surface area contributed by atoms with Crippen molar-refractivity contribution in [2.45, 2.75) is 25.2 Å². The number of ether oxygens (including phenoxy) is 1. The third-order valence-corrected chi connectivity index (χ3v) is 6.75. The number of anilines is 1. The Labute approximate surface area is 196 Å². The van der Waals surface area contributed by atoms with Gasteiger partial charge in [-0.05, 0) is 73.5 Å². The fourth-order valence-electron chi connectivity index (χ4n) is 4.45. The predicted octanol–water partition coefficient (Wildman–Crippen LogP) is 7.28. The predicted molar refractivity (Wildman–Crippen MR) is 124 cm³/mol. The second kappa shape index (κ2) is 8.99. The first-order chi connectivity index (χ1) is 16.3. The highest BCUT2D eigenvalue weighted by Crippen LogP contribution is 2.37. The van der Waals surface area contributed by atoms with E-state index in [1.54, 1.807) is 12.1 Å². The van der Waals surface area contributed by atoms with Gasteiger partial charge >= 0.3 is 6.36 Å². The number of hydrogen-bond acceptors (Lipinski definition) is 4. The van der Waals surface area contributed by atoms with Crippen molar-refractivity contribution >= 4 is 39.6 Å². The van der Waals surface area contributed by atoms with Gasteiger partial charge in [-0.1, -0.05) is 0 Å². The van der Waals surface area contributed by atoms with Gasteiger partial charge < -0.3 is 14.0 Å². The Morgan fingerprint density at radius 3 is 2.09 bits per heavy atom. The fraction of sp³-hybridized carbons (Fsp3) is 0.250. The number of hydrogen-bond donors (Lipinski definition) is 1. The Kier molecular flexibility index (Phi) is 6.03. The first-order valence-corrected chi connectivity index (χ1v) is 11.5. The molecule has 1 aliphatic heterocycles. The van der Waals surface area contributed by atoms with Crippen LogP contribution < -0.4 is 9.46 Å². The van der Waals surface area contributed by atoms with Crippen LogP contribution in [0.4, 0.5) is 27.6 Å². The standard InChI is InChI=1S/C24H20F5N3OS/c25-15-3-9-22-20(12-15)21-13-16(26)4-10-23(21)32(22)18-2-1-11-31(14-18)34-30-17-5-7-19(8-6-17)33-24(27,28)29/h3-10,12-13,18,30H,1-2,11,14H2. The Hall–Kier alpha value is -2.98. The van der Waals surface area contributed by atoms with Crippen LogP contribution in [-0.4, -0.2) is 28.3 Å². The molecule has 34 heavy (non-hydrogen) atoms. The van der Waals surface area contributed by atoms with Crippen LogP contribution in [0.25, 0.3) is 21.8 Å². The molecular weight excluding hydrogens is 473 g/mol. The molecule has 178 valence electrons. The molecule has 4 nitrogen and oxygen atoms in total. The molecule has 0 spiro atoms. The van der Waals surface area contributed by atoms with Gasteiger partial charge in [0.25, 0.3) is 0 Å². The lowest BCUT2D eigenvalue weighted by Gasteiger charge is -2.33. The van der Waals surface area contributed by atoms with E-state index in [4.69, 9.17) is 0 Å². The van der Waals surface area contributed by atoms with E-state index in [-0.39, 0.29) is 23.4 Å². The molecule has 1 unspecified atom stereocenters. The molecule has 3 aromatic carbocycles. The molecule has 1 saturated heterocycles. The van der Waals surface area contributed by atoms with Crippen molar-refractivity contribution in [1.82, 2.24) is 8.87 Å². The normalized spacial score (nSPS) is 17.4. The van der Waals surface area contributed by atoms with Crippen LogP contribution in [0.2, 0.25) is 0 Å². The lowest BCUT2D eigenvalue weighted by molar-refractivity contribution is -0.274. The molecule has 0 saturated carbocycles. The summed E-state index contributed by atoms with van der Waals surface area (Å²) in [5, 5.41) is 1.36. The van der Waals surface area contributed by atoms with Gasteiger partial charge in [-0.25, -0.2) is 13.1 Å². The van der Waals surface area contributed by atoms with E-state index in [0.717, 1.165) is 30.4 Å². The molecular formula is C24H20F5N3OS. The fourth-order valence-corrected chi connectivity index (χ4v) is 5.29. The summed E-state index contributed by atoms with van der Waals surface area (Å²) >= 11 is 1.37. The van der Waals surface area contributed by atoms with E-state index in [2.05, 4.69) is 18.3 Å². The van der Waals surface area contributed by atoms with Crippen molar-refractivity contribution in [1.29, 1.82) is 0 Å². The second-order valence-corrected chi connectivity index (χ2v) is 9.05. The van der Waals surface area contributed by atoms with Crippen LogP contribution in [0.1, 0.15) is 18.9 Å². The lowest BCUT2D eigenvalue weighted by atomic mass is 10.1. The molecule has 10 heteroatoms. The highest BCUT2D eigenvalue weighted by molar-refractivity contribution is 7.98. The van der Waals surface area contributed by atoms with Gasteiger partial charge in [0.05, 0.1) is 0 Å². The summed E-state index contributed by atoms with van der Waals surface area (Å²) in [4.78, 5) is 0. The molecule has 1 atom stereocenters. The molecule has 1 N–H and O–H groups in total. The Bertz CT molecular complexity index is 1260. The maximum absolute atomic E-state index is 14.0. The highest BCUT2D eigenvalue weighted by atomic mass is 32.2. The van der Waals surface area contributed by atoms with E-state index >= 15 is 0 Å². The maximum atomic E-state index is 14.0. The van der Waals surface area contributed by atoms with Crippen molar-refractivity contribution in [3.63, 3.8) is 0 Å². The number of piperidine rings is 1. The Balaban J connectivity index is 1.34. The molecule has 0 radical (unpaired) electrons. The van der Waals surface area contributed by atoms with Crippen LogP contribution >= 0.6 is 12.1 Å². The number of benzene rings is 3. The molecule has 0 amide bonds. The van der Waals surface area contributed by atoms with Crippen molar-refractivity contribution in [2.75, 3.05) is 17.8 Å². The van der Waals surface area contributed by atoms with Crippen molar-refractivity contribution in [3.05, 3.63) is 72.3 Å². The molecule has 4 aromatic rings. The third kappa shape index (κ3) is 4.78. The summed E-state index contributed by atoms with van der Waals surface area (Å²) in [5.74, 6) is -1.01. The summed E-state index contributed by atoms with van der Waals surface area (Å²) in [5.41, 5.74) is 2.35. The number of aromatic nitrogens is 1. The number of alkyl halides is 3. The molecule has 1 aromatic heterocycles. The molecule has 0 bridgehead atoms. The second-order valence-electron chi connectivity index (χ2n) is 8.14. The van der Waals surface area contributed by atoms with E-state index in [1.165, 1.54) is 60.7 Å². The summed E-state index contributed by atoms with van der Waals surface area (Å²) in [6.45, 7) is 1.50. The van der Waals surface area contributed by atoms with Gasteiger partial charge in [0.1, 0.15) is 17.4 Å². The number of rotatable bonds is 5. The van der Waals surface area contributed by atoms with Gasteiger partial charge in [0.15, 0.2) is 0 Å². The van der Waals surface area contributed by atoms with E-state index in [9.17, 15) is 22.0 Å². The SMILES string of the molecule is Fc1ccc2c(c1)c1cc(F)ccc1n2C1CCCN(SNc2ccc(OC(F)(F)F)cc2)C1. The van der Waals surface area contributed by atoms with Gasteiger partial charge in [0, 0.05) is 58.8 Å². The smallest absolute Gasteiger partial charge is 0.406 e. The van der Waals surface area contributed by atoms with Crippen LogP contribution in [0.5, 0.6) is 5.75 Å². The quantitative estimate of drug-likeness (QED) is 0.234. The third-order valence-electron chi connectivity index (χ3n) is 5.83. The molecule has 2 heterocycles. The number of fused-ring (bicyclic) bond motifs is 3. The Morgan fingerprint density at radius 2 is 1.50 bits per heavy atom. The summed E-state index contributed by atoms with van der Waals surface area (Å²) in [6, 6.07) is 14.8. The van der Waals surface area contributed by atoms with Crippen molar-refractivity contribution < 1.29 is 26.7 Å². The Morgan fingerprint density at radius 1 is 0.882 bits per heavy atom. The zero-order chi connectivity index (χ0) is 23.9. The molecule has 1 fully saturated rings. The van der Waals surface area contributed by atoms with Crippen LogP contribution in [0.15, 0.2) is 60.7 Å². The monoisotopic (exact) mass is 493 g/mol. The summed E-state index contributed by atoms with van der Waals surface area (Å²) in [6.07, 6.45) is -2.90. The van der Waals surface area contributed by atoms with Crippen molar-refractivity contribution in [3.8, 4) is 5.75 Å². The van der Waals surface area contributed by atoms with Crippen molar-refractivity contribution in [2.24, 2.45) is 0 Å².